The minimum Gasteiger partial charge on any atom is -0.478 e. The third kappa shape index (κ3) is 1.20. The molecular formula is C8H6N2O3S. The average Bonchev–Trinajstić information content (AvgIpc) is 2.46. The van der Waals surface area contributed by atoms with Crippen LogP contribution in [0.2, 0.25) is 0 Å². The van der Waals surface area contributed by atoms with Crippen molar-refractivity contribution < 1.29 is 9.90 Å². The number of nitrogens with zero attached hydrogens (tertiary/aromatic N) is 1. The van der Waals surface area contributed by atoms with Gasteiger partial charge in [-0.3, -0.25) is 9.17 Å². The monoisotopic (exact) mass is 210 g/mol. The lowest BCUT2D eigenvalue weighted by molar-refractivity contribution is 0.0699. The molecule has 0 unspecified atom stereocenters. The highest BCUT2D eigenvalue weighted by Gasteiger charge is 2.14. The largest absolute Gasteiger partial charge is 0.478 e. The summed E-state index contributed by atoms with van der Waals surface area (Å²) in [6.07, 6.45) is 0. The van der Waals surface area contributed by atoms with Crippen LogP contribution in [0.5, 0.6) is 0 Å². The second-order valence-electron chi connectivity index (χ2n) is 2.83. The van der Waals surface area contributed by atoms with E-state index in [2.05, 4.69) is 9.36 Å². The van der Waals surface area contributed by atoms with Crippen molar-refractivity contribution in [2.75, 3.05) is 0 Å². The molecule has 2 N–H and O–H groups in total. The molecule has 0 fully saturated rings. The van der Waals surface area contributed by atoms with Crippen LogP contribution in [0, 0.1) is 6.92 Å². The zero-order valence-electron chi connectivity index (χ0n) is 7.20. The van der Waals surface area contributed by atoms with Crippen LogP contribution < -0.4 is 5.56 Å². The Morgan fingerprint density at radius 2 is 2.36 bits per heavy atom. The van der Waals surface area contributed by atoms with E-state index in [0.29, 0.717) is 10.5 Å². The molecule has 0 bridgehead atoms. The number of carboxylic acid groups (broad SMARTS) is 1. The molecule has 2 rings (SSSR count). The van der Waals surface area contributed by atoms with Gasteiger partial charge in [-0.1, -0.05) is 0 Å². The summed E-state index contributed by atoms with van der Waals surface area (Å²) in [4.78, 5) is 26.6. The van der Waals surface area contributed by atoms with Crippen LogP contribution in [0.15, 0.2) is 10.9 Å². The molecule has 0 amide bonds. The molecule has 0 aliphatic heterocycles. The molecule has 6 heteroatoms. The van der Waals surface area contributed by atoms with Crippen LogP contribution in [-0.4, -0.2) is 20.4 Å². The fourth-order valence-corrected chi connectivity index (χ4v) is 2.04. The van der Waals surface area contributed by atoms with Crippen molar-refractivity contribution in [3.63, 3.8) is 0 Å². The molecule has 0 atom stereocenters. The molecule has 72 valence electrons. The van der Waals surface area contributed by atoms with Gasteiger partial charge < -0.3 is 5.11 Å². The van der Waals surface area contributed by atoms with Gasteiger partial charge in [0.1, 0.15) is 4.83 Å². The SMILES string of the molecule is Cc1cc(C(=O)O)c2c(=O)[nH]sc2n1. The Morgan fingerprint density at radius 1 is 1.64 bits per heavy atom. The van der Waals surface area contributed by atoms with Crippen LogP contribution in [0.25, 0.3) is 10.2 Å². The summed E-state index contributed by atoms with van der Waals surface area (Å²) in [6.45, 7) is 1.69. The molecule has 0 spiro atoms. The fourth-order valence-electron chi connectivity index (χ4n) is 1.25. The number of hydrogen-bond acceptors (Lipinski definition) is 4. The molecule has 0 aliphatic rings. The lowest BCUT2D eigenvalue weighted by Crippen LogP contribution is -2.06. The van der Waals surface area contributed by atoms with Crippen molar-refractivity contribution >= 4 is 27.7 Å². The molecule has 0 aromatic carbocycles. The Hall–Kier alpha value is -1.69. The number of carbonyl (C=O) groups is 1. The summed E-state index contributed by atoms with van der Waals surface area (Å²) in [5.74, 6) is -1.11. The highest BCUT2D eigenvalue weighted by atomic mass is 32.1. The molecule has 5 nitrogen and oxygen atoms in total. The Morgan fingerprint density at radius 3 is 3.00 bits per heavy atom. The number of carboxylic acids is 1. The van der Waals surface area contributed by atoms with Crippen molar-refractivity contribution in [3.05, 3.63) is 27.7 Å². The molecule has 2 aromatic heterocycles. The Labute approximate surface area is 82.2 Å². The summed E-state index contributed by atoms with van der Waals surface area (Å²) in [5, 5.41) is 9.03. The maximum Gasteiger partial charge on any atom is 0.336 e. The van der Waals surface area contributed by atoms with Crippen molar-refractivity contribution in [2.45, 2.75) is 6.92 Å². The van der Waals surface area contributed by atoms with Crippen LogP contribution >= 0.6 is 11.5 Å². The lowest BCUT2D eigenvalue weighted by Gasteiger charge is -1.96. The number of H-pyrrole nitrogens is 1. The van der Waals surface area contributed by atoms with E-state index < -0.39 is 11.5 Å². The zero-order chi connectivity index (χ0) is 10.3. The van der Waals surface area contributed by atoms with Gasteiger partial charge in [0.2, 0.25) is 0 Å². The number of pyridine rings is 1. The van der Waals surface area contributed by atoms with Crippen LogP contribution in [0.1, 0.15) is 16.1 Å². The number of aryl methyl sites for hydroxylation is 1. The summed E-state index contributed by atoms with van der Waals surface area (Å²) >= 11 is 1.05. The van der Waals surface area contributed by atoms with E-state index in [9.17, 15) is 9.59 Å². The second-order valence-corrected chi connectivity index (χ2v) is 3.62. The number of fused-ring (bicyclic) bond motifs is 1. The number of hydrogen-bond donors (Lipinski definition) is 2. The summed E-state index contributed by atoms with van der Waals surface area (Å²) < 4.78 is 2.46. The van der Waals surface area contributed by atoms with E-state index >= 15 is 0 Å². The number of aromatic nitrogens is 2. The summed E-state index contributed by atoms with van der Waals surface area (Å²) in [7, 11) is 0. The minimum atomic E-state index is -1.11. The van der Waals surface area contributed by atoms with Crippen LogP contribution in [0.3, 0.4) is 0 Å². The van der Waals surface area contributed by atoms with Gasteiger partial charge in [0.25, 0.3) is 5.56 Å². The quantitative estimate of drug-likeness (QED) is 0.735. The smallest absolute Gasteiger partial charge is 0.336 e. The molecule has 2 heterocycles. The van der Waals surface area contributed by atoms with Crippen molar-refractivity contribution in [1.82, 2.24) is 9.36 Å². The van der Waals surface area contributed by atoms with Gasteiger partial charge in [0, 0.05) is 5.69 Å². The van der Waals surface area contributed by atoms with E-state index in [1.54, 1.807) is 6.92 Å². The fraction of sp³-hybridized carbons (Fsp3) is 0.125. The number of aromatic amines is 1. The van der Waals surface area contributed by atoms with Gasteiger partial charge >= 0.3 is 5.97 Å². The minimum absolute atomic E-state index is 0.00926. The van der Waals surface area contributed by atoms with Crippen molar-refractivity contribution in [3.8, 4) is 0 Å². The highest BCUT2D eigenvalue weighted by Crippen LogP contribution is 2.17. The van der Waals surface area contributed by atoms with Gasteiger partial charge in [-0.2, -0.15) is 0 Å². The van der Waals surface area contributed by atoms with Crippen molar-refractivity contribution in [1.29, 1.82) is 0 Å². The molecule has 0 saturated heterocycles. The average molecular weight is 210 g/mol. The Kier molecular flexibility index (Phi) is 1.85. The maximum atomic E-state index is 11.3. The van der Waals surface area contributed by atoms with E-state index in [4.69, 9.17) is 5.11 Å². The van der Waals surface area contributed by atoms with E-state index in [1.807, 2.05) is 0 Å². The molecule has 0 aliphatic carbocycles. The first kappa shape index (κ1) is 8.89. The van der Waals surface area contributed by atoms with Gasteiger partial charge in [0.15, 0.2) is 0 Å². The van der Waals surface area contributed by atoms with Gasteiger partial charge in [0.05, 0.1) is 10.9 Å². The van der Waals surface area contributed by atoms with Crippen LogP contribution in [-0.2, 0) is 0 Å². The third-order valence-electron chi connectivity index (χ3n) is 1.81. The first-order valence-electron chi connectivity index (χ1n) is 3.81. The number of nitrogens with one attached hydrogen (secondary N) is 1. The zero-order valence-corrected chi connectivity index (χ0v) is 8.01. The summed E-state index contributed by atoms with van der Waals surface area (Å²) in [5.41, 5.74) is 0.204. The summed E-state index contributed by atoms with van der Waals surface area (Å²) in [6, 6.07) is 1.40. The normalized spacial score (nSPS) is 10.6. The molecule has 14 heavy (non-hydrogen) atoms. The Balaban J connectivity index is 2.98. The van der Waals surface area contributed by atoms with E-state index in [-0.39, 0.29) is 10.9 Å². The standard InChI is InChI=1S/C8H6N2O3S/c1-3-2-4(8(12)13)5-6(11)10-14-7(5)9-3/h2H,1H3,(H,10,11)(H,12,13). The van der Waals surface area contributed by atoms with Gasteiger partial charge in [-0.05, 0) is 24.5 Å². The topological polar surface area (TPSA) is 83.0 Å². The lowest BCUT2D eigenvalue weighted by atomic mass is 10.2. The van der Waals surface area contributed by atoms with Gasteiger partial charge in [-0.15, -0.1) is 0 Å². The van der Waals surface area contributed by atoms with Crippen molar-refractivity contribution in [2.24, 2.45) is 0 Å². The van der Waals surface area contributed by atoms with Gasteiger partial charge in [-0.25, -0.2) is 9.78 Å². The molecule has 0 saturated carbocycles. The van der Waals surface area contributed by atoms with E-state index in [0.717, 1.165) is 11.5 Å². The Bertz CT molecular complexity index is 569. The predicted octanol–water partition coefficient (Wildman–Crippen LogP) is 0.991. The van der Waals surface area contributed by atoms with Crippen LogP contribution in [0.4, 0.5) is 0 Å². The molecule has 2 aromatic rings. The first-order chi connectivity index (χ1) is 6.59. The number of rotatable bonds is 1. The molecular weight excluding hydrogens is 204 g/mol. The third-order valence-corrected chi connectivity index (χ3v) is 2.59. The highest BCUT2D eigenvalue weighted by molar-refractivity contribution is 7.12. The van der Waals surface area contributed by atoms with E-state index in [1.165, 1.54) is 6.07 Å². The molecule has 0 radical (unpaired) electrons. The number of aromatic carboxylic acids is 1. The second kappa shape index (κ2) is 2.91. The predicted molar refractivity (Wildman–Crippen MR) is 51.9 cm³/mol. The maximum absolute atomic E-state index is 11.3. The first-order valence-corrected chi connectivity index (χ1v) is 4.63.